The lowest BCUT2D eigenvalue weighted by molar-refractivity contribution is -0.0436. The van der Waals surface area contributed by atoms with Crippen LogP contribution in [0, 0.1) is 0 Å². The number of carbonyl (C=O) groups is 1. The van der Waals surface area contributed by atoms with Gasteiger partial charge in [0, 0.05) is 5.56 Å². The van der Waals surface area contributed by atoms with Crippen molar-refractivity contribution in [1.29, 1.82) is 0 Å². The normalized spacial score (nSPS) is 12.0. The van der Waals surface area contributed by atoms with E-state index in [1.807, 2.05) is 0 Å². The SMILES string of the molecule is O=Cc1ccc(Oc2ccc(S(=O)(=O)C(F)(F)F)cc2)cc1. The largest absolute Gasteiger partial charge is 0.501 e. The van der Waals surface area contributed by atoms with Crippen molar-refractivity contribution < 1.29 is 31.1 Å². The lowest BCUT2D eigenvalue weighted by Gasteiger charge is -2.09. The van der Waals surface area contributed by atoms with Gasteiger partial charge >= 0.3 is 5.51 Å². The van der Waals surface area contributed by atoms with Gasteiger partial charge in [0.05, 0.1) is 4.90 Å². The van der Waals surface area contributed by atoms with E-state index in [2.05, 4.69) is 0 Å². The van der Waals surface area contributed by atoms with Gasteiger partial charge in [0.2, 0.25) is 0 Å². The molecule has 0 bridgehead atoms. The second-order valence-electron chi connectivity index (χ2n) is 4.21. The minimum atomic E-state index is -5.37. The van der Waals surface area contributed by atoms with Crippen LogP contribution < -0.4 is 4.74 Å². The molecule has 116 valence electrons. The van der Waals surface area contributed by atoms with E-state index >= 15 is 0 Å². The van der Waals surface area contributed by atoms with Crippen LogP contribution in [-0.4, -0.2) is 20.2 Å². The number of ether oxygens (including phenoxy) is 1. The summed E-state index contributed by atoms with van der Waals surface area (Å²) in [5.74, 6) is 0.525. The highest BCUT2D eigenvalue weighted by molar-refractivity contribution is 7.92. The molecule has 0 aromatic heterocycles. The van der Waals surface area contributed by atoms with Crippen molar-refractivity contribution in [3.8, 4) is 11.5 Å². The van der Waals surface area contributed by atoms with Crippen molar-refractivity contribution >= 4 is 16.1 Å². The van der Waals surface area contributed by atoms with Gasteiger partial charge in [-0.15, -0.1) is 0 Å². The number of benzene rings is 2. The van der Waals surface area contributed by atoms with Gasteiger partial charge in [0.25, 0.3) is 9.84 Å². The van der Waals surface area contributed by atoms with Crippen molar-refractivity contribution in [1.82, 2.24) is 0 Å². The van der Waals surface area contributed by atoms with Crippen LogP contribution in [0.3, 0.4) is 0 Å². The van der Waals surface area contributed by atoms with Crippen molar-refractivity contribution in [2.24, 2.45) is 0 Å². The van der Waals surface area contributed by atoms with E-state index in [0.717, 1.165) is 24.3 Å². The highest BCUT2D eigenvalue weighted by atomic mass is 32.2. The molecule has 2 aromatic carbocycles. The van der Waals surface area contributed by atoms with Crippen LogP contribution in [0.1, 0.15) is 10.4 Å². The molecule has 0 atom stereocenters. The third-order valence-electron chi connectivity index (χ3n) is 2.69. The van der Waals surface area contributed by atoms with Crippen LogP contribution in [0.2, 0.25) is 0 Å². The Bertz CT molecular complexity index is 763. The Morgan fingerprint density at radius 3 is 1.73 bits per heavy atom. The van der Waals surface area contributed by atoms with Gasteiger partial charge in [-0.2, -0.15) is 13.2 Å². The third-order valence-corrected chi connectivity index (χ3v) is 4.19. The van der Waals surface area contributed by atoms with Gasteiger partial charge in [-0.3, -0.25) is 4.79 Å². The molecular weight excluding hydrogens is 321 g/mol. The molecule has 0 N–H and O–H groups in total. The maximum atomic E-state index is 12.4. The maximum absolute atomic E-state index is 12.4. The van der Waals surface area contributed by atoms with Gasteiger partial charge in [0.15, 0.2) is 0 Å². The number of alkyl halides is 3. The quantitative estimate of drug-likeness (QED) is 0.804. The fraction of sp³-hybridized carbons (Fsp3) is 0.0714. The number of aldehydes is 1. The third kappa shape index (κ3) is 3.28. The predicted octanol–water partition coefficient (Wildman–Crippen LogP) is 3.58. The van der Waals surface area contributed by atoms with Crippen molar-refractivity contribution in [3.63, 3.8) is 0 Å². The van der Waals surface area contributed by atoms with E-state index in [4.69, 9.17) is 4.74 Å². The van der Waals surface area contributed by atoms with Gasteiger partial charge in [-0.1, -0.05) is 0 Å². The van der Waals surface area contributed by atoms with Crippen LogP contribution in [0.5, 0.6) is 11.5 Å². The Morgan fingerprint density at radius 1 is 0.864 bits per heavy atom. The number of carbonyl (C=O) groups excluding carboxylic acids is 1. The summed E-state index contributed by atoms with van der Waals surface area (Å²) >= 11 is 0. The van der Waals surface area contributed by atoms with Crippen LogP contribution in [-0.2, 0) is 9.84 Å². The minimum Gasteiger partial charge on any atom is -0.457 e. The zero-order chi connectivity index (χ0) is 16.4. The molecule has 0 radical (unpaired) electrons. The van der Waals surface area contributed by atoms with Gasteiger partial charge in [0.1, 0.15) is 17.8 Å². The molecule has 0 spiro atoms. The molecule has 2 aromatic rings. The molecule has 4 nitrogen and oxygen atoms in total. The van der Waals surface area contributed by atoms with Gasteiger partial charge in [-0.25, -0.2) is 8.42 Å². The van der Waals surface area contributed by atoms with Crippen molar-refractivity contribution in [3.05, 3.63) is 54.1 Å². The molecule has 0 fully saturated rings. The number of rotatable bonds is 4. The predicted molar refractivity (Wildman–Crippen MR) is 71.6 cm³/mol. The van der Waals surface area contributed by atoms with Crippen molar-refractivity contribution in [2.75, 3.05) is 0 Å². The average Bonchev–Trinajstić information content (AvgIpc) is 2.47. The fourth-order valence-electron chi connectivity index (χ4n) is 1.57. The van der Waals surface area contributed by atoms with E-state index in [9.17, 15) is 26.4 Å². The number of halogens is 3. The van der Waals surface area contributed by atoms with E-state index in [-0.39, 0.29) is 5.75 Å². The van der Waals surface area contributed by atoms with Crippen LogP contribution in [0.4, 0.5) is 13.2 Å². The molecule has 22 heavy (non-hydrogen) atoms. The Kier molecular flexibility index (Phi) is 4.23. The lowest BCUT2D eigenvalue weighted by atomic mass is 10.2. The summed E-state index contributed by atoms with van der Waals surface area (Å²) in [5.41, 5.74) is -4.90. The van der Waals surface area contributed by atoms with Crippen LogP contribution in [0.25, 0.3) is 0 Å². The molecule has 0 saturated carbocycles. The van der Waals surface area contributed by atoms with E-state index in [0.29, 0.717) is 17.6 Å². The van der Waals surface area contributed by atoms with Crippen LogP contribution in [0.15, 0.2) is 53.4 Å². The molecule has 0 amide bonds. The molecule has 8 heteroatoms. The van der Waals surface area contributed by atoms with E-state index < -0.39 is 20.2 Å². The first-order chi connectivity index (χ1) is 10.2. The Labute approximate surface area is 124 Å². The Morgan fingerprint density at radius 2 is 1.32 bits per heavy atom. The molecule has 0 unspecified atom stereocenters. The first-order valence-corrected chi connectivity index (χ1v) is 7.37. The highest BCUT2D eigenvalue weighted by Gasteiger charge is 2.46. The second-order valence-corrected chi connectivity index (χ2v) is 6.15. The molecule has 0 aliphatic rings. The second kappa shape index (κ2) is 5.80. The summed E-state index contributed by atoms with van der Waals surface area (Å²) in [6, 6.07) is 9.89. The Hall–Kier alpha value is -2.35. The smallest absolute Gasteiger partial charge is 0.457 e. The van der Waals surface area contributed by atoms with Crippen molar-refractivity contribution in [2.45, 2.75) is 10.4 Å². The molecule has 0 aliphatic carbocycles. The van der Waals surface area contributed by atoms with Crippen LogP contribution >= 0.6 is 0 Å². The van der Waals surface area contributed by atoms with Gasteiger partial charge < -0.3 is 4.74 Å². The summed E-state index contributed by atoms with van der Waals surface area (Å²) in [5, 5.41) is 0. The lowest BCUT2D eigenvalue weighted by Crippen LogP contribution is -2.23. The molecule has 0 aliphatic heterocycles. The first-order valence-electron chi connectivity index (χ1n) is 5.88. The average molecular weight is 330 g/mol. The standard InChI is InChI=1S/C14H9F3O4S/c15-14(16,17)22(19,20)13-7-5-12(6-8-13)21-11-3-1-10(9-18)2-4-11/h1-9H. The fourth-order valence-corrected chi connectivity index (χ4v) is 2.33. The zero-order valence-corrected chi connectivity index (χ0v) is 11.7. The summed E-state index contributed by atoms with van der Waals surface area (Å²) < 4.78 is 64.9. The highest BCUT2D eigenvalue weighted by Crippen LogP contribution is 2.31. The number of hydrogen-bond donors (Lipinski definition) is 0. The molecular formula is C14H9F3O4S. The first kappa shape index (κ1) is 16.0. The number of sulfone groups is 1. The van der Waals surface area contributed by atoms with Gasteiger partial charge in [-0.05, 0) is 48.5 Å². The minimum absolute atomic E-state index is 0.167. The summed E-state index contributed by atoms with van der Waals surface area (Å²) in [6.45, 7) is 0. The molecule has 0 saturated heterocycles. The topological polar surface area (TPSA) is 60.4 Å². The molecule has 2 rings (SSSR count). The Balaban J connectivity index is 2.20. The summed E-state index contributed by atoms with van der Waals surface area (Å²) in [7, 11) is -5.37. The molecule has 0 heterocycles. The van der Waals surface area contributed by atoms with E-state index in [1.54, 1.807) is 0 Å². The summed E-state index contributed by atoms with van der Waals surface area (Å²) in [6.07, 6.45) is 0.653. The van der Waals surface area contributed by atoms with E-state index in [1.165, 1.54) is 24.3 Å². The zero-order valence-electron chi connectivity index (χ0n) is 10.9. The summed E-state index contributed by atoms with van der Waals surface area (Å²) in [4.78, 5) is 9.64. The maximum Gasteiger partial charge on any atom is 0.501 e. The number of hydrogen-bond acceptors (Lipinski definition) is 4. The monoisotopic (exact) mass is 330 g/mol.